The number of fused-ring (bicyclic) bond motifs is 16. The van der Waals surface area contributed by atoms with Gasteiger partial charge in [0.1, 0.15) is 11.2 Å². The van der Waals surface area contributed by atoms with Gasteiger partial charge in [-0.25, -0.2) is 0 Å². The zero-order valence-corrected chi connectivity index (χ0v) is 45.7. The summed E-state index contributed by atoms with van der Waals surface area (Å²) in [6.07, 6.45) is 0.652. The predicted octanol–water partition coefficient (Wildman–Crippen LogP) is 19.2. The lowest BCUT2D eigenvalue weighted by Gasteiger charge is -2.44. The molecule has 0 atom stereocenters. The SMILES string of the molecule is c1ccc(-c2ccc(N3c4ccc(-c5ccccc5)cc4B4c5ccc(-n6c7ccccc7c7ccccc76)cc5N(c5ccc6c7ccccc7c7ccccc7c6c5)c5cc(Cc6cccc7c6oc6ccccc67)cc3c54)cc2)cc1. The molecule has 4 nitrogen and oxygen atoms in total. The lowest BCUT2D eigenvalue weighted by Crippen LogP contribution is -2.61. The number of para-hydroxylation sites is 4. The van der Waals surface area contributed by atoms with Crippen molar-refractivity contribution in [1.82, 2.24) is 4.57 Å². The molecule has 2 aromatic heterocycles. The third kappa shape index (κ3) is 7.03. The van der Waals surface area contributed by atoms with Gasteiger partial charge in [-0.3, -0.25) is 0 Å². The van der Waals surface area contributed by atoms with Crippen LogP contribution in [0.4, 0.5) is 34.1 Å². The van der Waals surface area contributed by atoms with E-state index in [2.05, 4.69) is 306 Å². The van der Waals surface area contributed by atoms with Crippen molar-refractivity contribution in [2.75, 3.05) is 9.80 Å². The van der Waals surface area contributed by atoms with Crippen LogP contribution in [0.2, 0.25) is 0 Å². The highest BCUT2D eigenvalue weighted by Gasteiger charge is 2.44. The van der Waals surface area contributed by atoms with E-state index in [1.165, 1.54) is 98.3 Å². The van der Waals surface area contributed by atoms with Crippen molar-refractivity contribution >= 4 is 133 Å². The largest absolute Gasteiger partial charge is 0.456 e. The van der Waals surface area contributed by atoms with Gasteiger partial charge in [0.05, 0.1) is 11.0 Å². The van der Waals surface area contributed by atoms with E-state index in [0.717, 1.165) is 67.3 Å². The standard InChI is InChI=1S/C79H50BN3O/c1-3-18-51(19-4-1)53-34-37-56(38-35-53)81-73-43-36-54(52-20-5-2-6-21-52)47-70(73)80-69-42-40-58(82-71-31-14-11-27-64(71)65-28-12-15-32-72(65)82)49-74(69)83(57-39-41-63-61-25-8-7-23-59(61)60-24-9-10-26-62(60)68(63)48-57)76-46-50(45-75(81)78(76)80)44-55-22-17-30-67-66-29-13-16-33-77(66)84-79(55)67/h1-43,45-49H,44H2. The highest BCUT2D eigenvalue weighted by atomic mass is 16.3. The lowest BCUT2D eigenvalue weighted by molar-refractivity contribution is 0.664. The summed E-state index contributed by atoms with van der Waals surface area (Å²) in [5, 5.41) is 12.2. The van der Waals surface area contributed by atoms with Gasteiger partial charge in [-0.15, -0.1) is 0 Å². The Balaban J connectivity index is 0.953. The van der Waals surface area contributed by atoms with E-state index in [-0.39, 0.29) is 6.71 Å². The Labute approximate surface area is 486 Å². The molecule has 5 heteroatoms. The number of anilines is 6. The molecule has 84 heavy (non-hydrogen) atoms. The molecule has 0 unspecified atom stereocenters. The van der Waals surface area contributed by atoms with Gasteiger partial charge in [0.2, 0.25) is 0 Å². The Bertz CT molecular complexity index is 5280. The van der Waals surface area contributed by atoms with E-state index in [4.69, 9.17) is 4.42 Å². The Morgan fingerprint density at radius 1 is 0.298 bits per heavy atom. The molecule has 0 bridgehead atoms. The molecule has 18 rings (SSSR count). The molecule has 14 aromatic carbocycles. The fourth-order valence-corrected chi connectivity index (χ4v) is 14.5. The average Bonchev–Trinajstić information content (AvgIpc) is 1.51. The van der Waals surface area contributed by atoms with Gasteiger partial charge in [0.15, 0.2) is 0 Å². The first-order chi connectivity index (χ1) is 41.7. The number of aromatic nitrogens is 1. The average molecular weight is 1070 g/mol. The van der Waals surface area contributed by atoms with E-state index in [1.807, 2.05) is 0 Å². The first-order valence-electron chi connectivity index (χ1n) is 29.1. The molecule has 0 saturated carbocycles. The molecule has 2 aliphatic heterocycles. The monoisotopic (exact) mass is 1070 g/mol. The summed E-state index contributed by atoms with van der Waals surface area (Å²) in [7, 11) is 0. The summed E-state index contributed by atoms with van der Waals surface area (Å²) >= 11 is 0. The van der Waals surface area contributed by atoms with Gasteiger partial charge < -0.3 is 18.8 Å². The van der Waals surface area contributed by atoms with E-state index in [9.17, 15) is 0 Å². The molecule has 2 aliphatic rings. The minimum Gasteiger partial charge on any atom is -0.456 e. The Morgan fingerprint density at radius 2 is 0.810 bits per heavy atom. The third-order valence-corrected chi connectivity index (χ3v) is 18.2. The number of rotatable bonds is 7. The molecule has 0 radical (unpaired) electrons. The van der Waals surface area contributed by atoms with Gasteiger partial charge in [-0.2, -0.15) is 0 Å². The van der Waals surface area contributed by atoms with Crippen molar-refractivity contribution in [3.05, 3.63) is 302 Å². The van der Waals surface area contributed by atoms with Crippen LogP contribution in [0.1, 0.15) is 11.1 Å². The molecular formula is C79H50BN3O. The zero-order valence-electron chi connectivity index (χ0n) is 45.7. The molecule has 4 heterocycles. The van der Waals surface area contributed by atoms with Crippen molar-refractivity contribution in [2.24, 2.45) is 0 Å². The molecular weight excluding hydrogens is 1020 g/mol. The van der Waals surface area contributed by atoms with Crippen LogP contribution >= 0.6 is 0 Å². The van der Waals surface area contributed by atoms with Gasteiger partial charge >= 0.3 is 0 Å². The van der Waals surface area contributed by atoms with E-state index in [0.29, 0.717) is 6.42 Å². The second-order valence-electron chi connectivity index (χ2n) is 22.7. The maximum Gasteiger partial charge on any atom is 0.252 e. The summed E-state index contributed by atoms with van der Waals surface area (Å²) in [5.41, 5.74) is 23.0. The van der Waals surface area contributed by atoms with Gasteiger partial charge in [-0.1, -0.05) is 218 Å². The lowest BCUT2D eigenvalue weighted by atomic mass is 9.33. The topological polar surface area (TPSA) is 24.6 Å². The van der Waals surface area contributed by atoms with E-state index in [1.54, 1.807) is 0 Å². The molecule has 390 valence electrons. The fourth-order valence-electron chi connectivity index (χ4n) is 14.5. The minimum absolute atomic E-state index is 0.134. The van der Waals surface area contributed by atoms with Crippen molar-refractivity contribution in [3.63, 3.8) is 0 Å². The third-order valence-electron chi connectivity index (χ3n) is 18.2. The van der Waals surface area contributed by atoms with Crippen LogP contribution in [0.15, 0.2) is 296 Å². The molecule has 16 aromatic rings. The molecule has 0 N–H and O–H groups in total. The van der Waals surface area contributed by atoms with Crippen LogP contribution < -0.4 is 26.2 Å². The summed E-state index contributed by atoms with van der Waals surface area (Å²) < 4.78 is 9.29. The van der Waals surface area contributed by atoms with Crippen LogP contribution in [0.25, 0.3) is 104 Å². The number of furan rings is 1. The Kier molecular flexibility index (Phi) is 10.2. The second-order valence-corrected chi connectivity index (χ2v) is 22.7. The number of benzene rings is 14. The van der Waals surface area contributed by atoms with Gasteiger partial charge in [-0.05, 0) is 155 Å². The van der Waals surface area contributed by atoms with Crippen LogP contribution in [-0.2, 0) is 6.42 Å². The van der Waals surface area contributed by atoms with Crippen molar-refractivity contribution in [1.29, 1.82) is 0 Å². The van der Waals surface area contributed by atoms with E-state index < -0.39 is 0 Å². The Hall–Kier alpha value is -10.9. The van der Waals surface area contributed by atoms with Crippen molar-refractivity contribution in [3.8, 4) is 27.9 Å². The maximum absolute atomic E-state index is 6.82. The van der Waals surface area contributed by atoms with Crippen LogP contribution in [0, 0.1) is 0 Å². The van der Waals surface area contributed by atoms with Crippen molar-refractivity contribution < 1.29 is 4.42 Å². The molecule has 0 saturated heterocycles. The first-order valence-corrected chi connectivity index (χ1v) is 29.1. The molecule has 0 aliphatic carbocycles. The molecule has 0 spiro atoms. The summed E-state index contributed by atoms with van der Waals surface area (Å²) in [6, 6.07) is 108. The summed E-state index contributed by atoms with van der Waals surface area (Å²) in [4.78, 5) is 5.16. The first kappa shape index (κ1) is 46.8. The highest BCUT2D eigenvalue weighted by Crippen LogP contribution is 2.48. The molecule has 0 amide bonds. The summed E-state index contributed by atoms with van der Waals surface area (Å²) in [6.45, 7) is -0.134. The smallest absolute Gasteiger partial charge is 0.252 e. The quantitative estimate of drug-likeness (QED) is 0.117. The Morgan fingerprint density at radius 3 is 1.49 bits per heavy atom. The van der Waals surface area contributed by atoms with Crippen molar-refractivity contribution in [2.45, 2.75) is 6.42 Å². The van der Waals surface area contributed by atoms with E-state index >= 15 is 0 Å². The van der Waals surface area contributed by atoms with Gasteiger partial charge in [0.25, 0.3) is 6.71 Å². The number of hydrogen-bond donors (Lipinski definition) is 0. The highest BCUT2D eigenvalue weighted by molar-refractivity contribution is 7.00. The second kappa shape index (κ2) is 18.3. The van der Waals surface area contributed by atoms with Crippen LogP contribution in [0.3, 0.4) is 0 Å². The molecule has 0 fully saturated rings. The normalized spacial score (nSPS) is 12.7. The van der Waals surface area contributed by atoms with Crippen LogP contribution in [0.5, 0.6) is 0 Å². The maximum atomic E-state index is 6.82. The van der Waals surface area contributed by atoms with Gasteiger partial charge in [0, 0.05) is 67.8 Å². The zero-order chi connectivity index (χ0) is 55.0. The van der Waals surface area contributed by atoms with Crippen LogP contribution in [-0.4, -0.2) is 11.3 Å². The number of hydrogen-bond acceptors (Lipinski definition) is 3. The predicted molar refractivity (Wildman–Crippen MR) is 355 cm³/mol. The summed E-state index contributed by atoms with van der Waals surface area (Å²) in [5.74, 6) is 0. The fraction of sp³-hybridized carbons (Fsp3) is 0.0127. The minimum atomic E-state index is -0.134. The number of nitrogens with zero attached hydrogens (tertiary/aromatic N) is 3.